The zero-order chi connectivity index (χ0) is 8.48. The largest absolute Gasteiger partial charge is 0.468 e. The van der Waals surface area contributed by atoms with Crippen molar-refractivity contribution in [3.63, 3.8) is 0 Å². The van der Waals surface area contributed by atoms with E-state index in [0.29, 0.717) is 0 Å². The van der Waals surface area contributed by atoms with E-state index in [1.807, 2.05) is 0 Å². The number of methoxy groups -OCH3 is 1. The van der Waals surface area contributed by atoms with E-state index < -0.39 is 0 Å². The Kier molecular flexibility index (Phi) is 2.18. The zero-order valence-electron chi connectivity index (χ0n) is 7.31. The van der Waals surface area contributed by atoms with Crippen molar-refractivity contribution in [3.8, 4) is 0 Å². The normalized spacial score (nSPS) is 35.0. The molecule has 1 N–H and O–H groups in total. The van der Waals surface area contributed by atoms with Crippen LogP contribution in [0, 0.1) is 0 Å². The first-order chi connectivity index (χ1) is 5.14. The maximum absolute atomic E-state index is 11.0. The van der Waals surface area contributed by atoms with Crippen LogP contribution in [0.15, 0.2) is 0 Å². The van der Waals surface area contributed by atoms with Crippen LogP contribution in [0.3, 0.4) is 0 Å². The topological polar surface area (TPSA) is 48.2 Å². The van der Waals surface area contributed by atoms with E-state index in [4.69, 9.17) is 0 Å². The fraction of sp³-hybridized carbons (Fsp3) is 0.875. The van der Waals surface area contributed by atoms with Crippen LogP contribution in [0.1, 0.15) is 26.7 Å². The van der Waals surface area contributed by atoms with Crippen LogP contribution in [0.2, 0.25) is 0 Å². The van der Waals surface area contributed by atoms with E-state index in [1.54, 1.807) is 0 Å². The van der Waals surface area contributed by atoms with Crippen molar-refractivity contribution < 1.29 is 9.53 Å². The molecule has 0 bridgehead atoms. The van der Waals surface area contributed by atoms with Crippen LogP contribution < -0.4 is 5.32 Å². The summed E-state index contributed by atoms with van der Waals surface area (Å²) in [6, 6.07) is -0.0625. The van der Waals surface area contributed by atoms with Crippen molar-refractivity contribution >= 4 is 5.97 Å². The number of hydrogen-bond donors (Lipinski definition) is 1. The highest BCUT2D eigenvalue weighted by atomic mass is 16.5. The Morgan fingerprint density at radius 1 is 1.73 bits per heavy atom. The Labute approximate surface area is 67.1 Å². The highest BCUT2D eigenvalue weighted by Gasteiger charge is 2.53. The SMILES string of the molecule is CCC[C@@]1(C)N[C@@H]1C(=O)OC. The molecule has 1 heterocycles. The summed E-state index contributed by atoms with van der Waals surface area (Å²) < 4.78 is 4.61. The molecule has 1 aliphatic heterocycles. The maximum Gasteiger partial charge on any atom is 0.324 e. The first-order valence-corrected chi connectivity index (χ1v) is 3.99. The number of rotatable bonds is 3. The lowest BCUT2D eigenvalue weighted by Gasteiger charge is -2.04. The van der Waals surface area contributed by atoms with Gasteiger partial charge in [0.25, 0.3) is 0 Å². The lowest BCUT2D eigenvalue weighted by atomic mass is 10.0. The minimum absolute atomic E-state index is 0.0157. The molecule has 3 heteroatoms. The molecule has 0 aromatic carbocycles. The molecule has 11 heavy (non-hydrogen) atoms. The first-order valence-electron chi connectivity index (χ1n) is 3.99. The van der Waals surface area contributed by atoms with Crippen molar-refractivity contribution in [2.24, 2.45) is 0 Å². The second-order valence-electron chi connectivity index (χ2n) is 3.27. The van der Waals surface area contributed by atoms with Crippen LogP contribution in [0.5, 0.6) is 0 Å². The van der Waals surface area contributed by atoms with Gasteiger partial charge in [-0.25, -0.2) is 0 Å². The van der Waals surface area contributed by atoms with Gasteiger partial charge in [0.15, 0.2) is 0 Å². The minimum Gasteiger partial charge on any atom is -0.468 e. The van der Waals surface area contributed by atoms with Gasteiger partial charge in [0.2, 0.25) is 0 Å². The van der Waals surface area contributed by atoms with Crippen molar-refractivity contribution in [3.05, 3.63) is 0 Å². The fourth-order valence-corrected chi connectivity index (χ4v) is 1.46. The molecule has 0 amide bonds. The molecule has 0 saturated carbocycles. The van der Waals surface area contributed by atoms with Crippen LogP contribution in [-0.2, 0) is 9.53 Å². The van der Waals surface area contributed by atoms with Crippen molar-refractivity contribution in [1.29, 1.82) is 0 Å². The van der Waals surface area contributed by atoms with Crippen LogP contribution in [-0.4, -0.2) is 24.7 Å². The number of carbonyl (C=O) groups is 1. The minimum atomic E-state index is -0.138. The van der Waals surface area contributed by atoms with Gasteiger partial charge in [-0.3, -0.25) is 10.1 Å². The molecule has 1 saturated heterocycles. The second-order valence-corrected chi connectivity index (χ2v) is 3.27. The molecule has 0 aliphatic carbocycles. The molecule has 0 aromatic rings. The van der Waals surface area contributed by atoms with Gasteiger partial charge in [-0.15, -0.1) is 0 Å². The number of esters is 1. The Morgan fingerprint density at radius 3 is 2.82 bits per heavy atom. The molecule has 1 rings (SSSR count). The third-order valence-corrected chi connectivity index (χ3v) is 2.23. The molecule has 0 spiro atoms. The van der Waals surface area contributed by atoms with E-state index in [0.717, 1.165) is 12.8 Å². The molecular weight excluding hydrogens is 142 g/mol. The van der Waals surface area contributed by atoms with E-state index in [1.165, 1.54) is 7.11 Å². The molecule has 0 radical (unpaired) electrons. The van der Waals surface area contributed by atoms with Crippen molar-refractivity contribution in [2.75, 3.05) is 7.11 Å². The predicted molar refractivity (Wildman–Crippen MR) is 42.3 cm³/mol. The summed E-state index contributed by atoms with van der Waals surface area (Å²) in [7, 11) is 1.43. The molecule has 64 valence electrons. The van der Waals surface area contributed by atoms with Gasteiger partial charge in [0.05, 0.1) is 7.11 Å². The van der Waals surface area contributed by atoms with E-state index in [2.05, 4.69) is 23.9 Å². The summed E-state index contributed by atoms with van der Waals surface area (Å²) >= 11 is 0. The monoisotopic (exact) mass is 157 g/mol. The van der Waals surface area contributed by atoms with E-state index in [9.17, 15) is 4.79 Å². The third-order valence-electron chi connectivity index (χ3n) is 2.23. The summed E-state index contributed by atoms with van der Waals surface area (Å²) in [6.07, 6.45) is 2.13. The Morgan fingerprint density at radius 2 is 2.36 bits per heavy atom. The van der Waals surface area contributed by atoms with Crippen molar-refractivity contribution in [2.45, 2.75) is 38.3 Å². The average Bonchev–Trinajstić information content (AvgIpc) is 2.62. The van der Waals surface area contributed by atoms with Crippen LogP contribution in [0.25, 0.3) is 0 Å². The summed E-state index contributed by atoms with van der Waals surface area (Å²) in [5.74, 6) is -0.138. The smallest absolute Gasteiger partial charge is 0.324 e. The van der Waals surface area contributed by atoms with Gasteiger partial charge >= 0.3 is 5.97 Å². The average molecular weight is 157 g/mol. The number of hydrogen-bond acceptors (Lipinski definition) is 3. The van der Waals surface area contributed by atoms with E-state index >= 15 is 0 Å². The maximum atomic E-state index is 11.0. The van der Waals surface area contributed by atoms with Crippen LogP contribution in [0.4, 0.5) is 0 Å². The first kappa shape index (κ1) is 8.53. The van der Waals surface area contributed by atoms with Gasteiger partial charge in [0.1, 0.15) is 6.04 Å². The Hall–Kier alpha value is -0.570. The summed E-state index contributed by atoms with van der Waals surface area (Å²) in [6.45, 7) is 4.16. The van der Waals surface area contributed by atoms with Gasteiger partial charge in [-0.05, 0) is 13.3 Å². The van der Waals surface area contributed by atoms with Gasteiger partial charge in [-0.1, -0.05) is 13.3 Å². The van der Waals surface area contributed by atoms with Gasteiger partial charge in [-0.2, -0.15) is 0 Å². The number of nitrogens with one attached hydrogen (secondary N) is 1. The molecular formula is C8H15NO2. The van der Waals surface area contributed by atoms with Gasteiger partial charge < -0.3 is 4.74 Å². The molecule has 2 atom stereocenters. The molecule has 0 aromatic heterocycles. The lowest BCUT2D eigenvalue weighted by molar-refractivity contribution is -0.140. The third kappa shape index (κ3) is 1.53. The zero-order valence-corrected chi connectivity index (χ0v) is 7.31. The highest BCUT2D eigenvalue weighted by molar-refractivity contribution is 5.81. The predicted octanol–water partition coefficient (Wildman–Crippen LogP) is 0.690. The summed E-state index contributed by atoms with van der Waals surface area (Å²) in [5.41, 5.74) is 0.0157. The quantitative estimate of drug-likeness (QED) is 0.484. The molecule has 0 unspecified atom stereocenters. The van der Waals surface area contributed by atoms with Gasteiger partial charge in [0, 0.05) is 5.54 Å². The number of ether oxygens (including phenoxy) is 1. The second kappa shape index (κ2) is 2.81. The Bertz CT molecular complexity index is 169. The molecule has 3 nitrogen and oxygen atoms in total. The number of carbonyl (C=O) groups excluding carboxylic acids is 1. The summed E-state index contributed by atoms with van der Waals surface area (Å²) in [5, 5.41) is 3.12. The highest BCUT2D eigenvalue weighted by Crippen LogP contribution is 2.31. The summed E-state index contributed by atoms with van der Waals surface area (Å²) in [4.78, 5) is 11.0. The fourth-order valence-electron chi connectivity index (χ4n) is 1.46. The van der Waals surface area contributed by atoms with Crippen molar-refractivity contribution in [1.82, 2.24) is 5.32 Å². The standard InChI is InChI=1S/C8H15NO2/c1-4-5-8(2)6(9-8)7(10)11-3/h6,9H,4-5H2,1-3H3/t6-,8-/m1/s1. The lowest BCUT2D eigenvalue weighted by Crippen LogP contribution is -2.18. The van der Waals surface area contributed by atoms with Crippen LogP contribution >= 0.6 is 0 Å². The Balaban J connectivity index is 2.39. The molecule has 1 fully saturated rings. The molecule has 1 aliphatic rings. The van der Waals surface area contributed by atoms with E-state index in [-0.39, 0.29) is 17.6 Å².